The highest BCUT2D eigenvalue weighted by atomic mass is 32.2. The summed E-state index contributed by atoms with van der Waals surface area (Å²) in [7, 11) is -2.25. The van der Waals surface area contributed by atoms with Gasteiger partial charge in [0, 0.05) is 72.9 Å². The molecule has 48 heavy (non-hydrogen) atoms. The van der Waals surface area contributed by atoms with Crippen molar-refractivity contribution in [1.29, 1.82) is 0 Å². The normalized spacial score (nSPS) is 14.4. The first-order valence-corrected chi connectivity index (χ1v) is 17.9. The Morgan fingerprint density at radius 3 is 2.31 bits per heavy atom. The minimum Gasteiger partial charge on any atom is -0.460 e. The van der Waals surface area contributed by atoms with Crippen molar-refractivity contribution in [3.8, 4) is 11.1 Å². The molecule has 0 aliphatic carbocycles. The van der Waals surface area contributed by atoms with E-state index in [0.717, 1.165) is 27.8 Å². The van der Waals surface area contributed by atoms with Crippen LogP contribution in [0.4, 0.5) is 5.69 Å². The molecule has 0 saturated carbocycles. The molecule has 260 valence electrons. The number of carbonyl (C=O) groups excluding carboxylic acids is 2. The molecular weight excluding hydrogens is 634 g/mol. The SMILES string of the molecule is CC1=CC(C)(C)N(CCCC(=O)N(CCCC(=O)OC(C)(C)C)CCCS(=O)(=O)O)c2cc3oc(=O)c(-c4cc[n+](C)cc4)cc3cc21. The molecule has 12 heteroatoms. The lowest BCUT2D eigenvalue weighted by Crippen LogP contribution is -2.46. The van der Waals surface area contributed by atoms with Gasteiger partial charge in [-0.2, -0.15) is 8.42 Å². The standard InChI is InChI=1S/C36H47N3O8S/c1-25-24-36(5,6)39(30-23-31-27(21-28(25)30)22-29(34(42)46-31)26-13-18-37(7)19-14-26)17-8-11-32(40)38(16-10-20-48(43,44)45)15-9-12-33(41)47-35(2,3)4/h13-14,18-19,21-24H,8-12,15-17,20H2,1-7H3/p+1. The number of aryl methyl sites for hydroxylation is 1. The van der Waals surface area contributed by atoms with Gasteiger partial charge in [0.15, 0.2) is 12.4 Å². The predicted octanol–water partition coefficient (Wildman–Crippen LogP) is 5.30. The number of aromatic nitrogens is 1. The first-order valence-electron chi connectivity index (χ1n) is 16.3. The van der Waals surface area contributed by atoms with Crippen LogP contribution in [0.25, 0.3) is 27.7 Å². The van der Waals surface area contributed by atoms with E-state index in [1.165, 1.54) is 0 Å². The fraction of sp³-hybridized carbons (Fsp3) is 0.500. The van der Waals surface area contributed by atoms with Crippen LogP contribution in [0.2, 0.25) is 0 Å². The summed E-state index contributed by atoms with van der Waals surface area (Å²) in [5, 5.41) is 0.811. The highest BCUT2D eigenvalue weighted by Crippen LogP contribution is 2.41. The van der Waals surface area contributed by atoms with Gasteiger partial charge >= 0.3 is 11.6 Å². The molecule has 1 N–H and O–H groups in total. The Labute approximate surface area is 282 Å². The zero-order valence-corrected chi connectivity index (χ0v) is 29.9. The molecule has 3 aromatic rings. The molecule has 0 unspecified atom stereocenters. The molecule has 1 amide bonds. The lowest BCUT2D eigenvalue weighted by molar-refractivity contribution is -0.671. The summed E-state index contributed by atoms with van der Waals surface area (Å²) >= 11 is 0. The van der Waals surface area contributed by atoms with Crippen molar-refractivity contribution >= 4 is 44.2 Å². The number of allylic oxidation sites excluding steroid dienone is 1. The van der Waals surface area contributed by atoms with Gasteiger partial charge in [-0.05, 0) is 78.5 Å². The van der Waals surface area contributed by atoms with Gasteiger partial charge in [0.2, 0.25) is 5.91 Å². The average molecular weight is 683 g/mol. The van der Waals surface area contributed by atoms with Gasteiger partial charge in [-0.15, -0.1) is 0 Å². The molecule has 2 aromatic heterocycles. The van der Waals surface area contributed by atoms with Crippen LogP contribution in [-0.2, 0) is 31.5 Å². The van der Waals surface area contributed by atoms with Crippen molar-refractivity contribution in [2.45, 2.75) is 84.8 Å². The molecule has 11 nitrogen and oxygen atoms in total. The Hall–Kier alpha value is -4.03. The van der Waals surface area contributed by atoms with Gasteiger partial charge in [-0.3, -0.25) is 14.1 Å². The van der Waals surface area contributed by atoms with Crippen LogP contribution >= 0.6 is 0 Å². The van der Waals surface area contributed by atoms with E-state index < -0.39 is 32.6 Å². The molecule has 3 heterocycles. The van der Waals surface area contributed by atoms with Crippen molar-refractivity contribution in [1.82, 2.24) is 4.90 Å². The third-order valence-electron chi connectivity index (χ3n) is 8.31. The van der Waals surface area contributed by atoms with E-state index in [2.05, 4.69) is 31.7 Å². The molecule has 0 bridgehead atoms. The first kappa shape index (κ1) is 36.8. The van der Waals surface area contributed by atoms with Gasteiger partial charge in [-0.25, -0.2) is 9.36 Å². The molecule has 0 radical (unpaired) electrons. The number of hydrogen-bond acceptors (Lipinski definition) is 8. The van der Waals surface area contributed by atoms with Crippen molar-refractivity contribution in [3.05, 3.63) is 64.8 Å². The largest absolute Gasteiger partial charge is 0.460 e. The van der Waals surface area contributed by atoms with Crippen molar-refractivity contribution < 1.29 is 36.3 Å². The predicted molar refractivity (Wildman–Crippen MR) is 186 cm³/mol. The van der Waals surface area contributed by atoms with Crippen LogP contribution in [0.15, 0.2) is 58.0 Å². The number of esters is 1. The summed E-state index contributed by atoms with van der Waals surface area (Å²) in [6.45, 7) is 12.5. The zero-order chi connectivity index (χ0) is 35.4. The molecule has 1 aliphatic heterocycles. The summed E-state index contributed by atoms with van der Waals surface area (Å²) in [5.41, 5.74) is 3.34. The Bertz CT molecular complexity index is 1850. The number of carbonyl (C=O) groups is 2. The maximum atomic E-state index is 13.4. The second kappa shape index (κ2) is 14.6. The maximum Gasteiger partial charge on any atom is 0.344 e. The Kier molecular flexibility index (Phi) is 11.2. The number of nitrogens with zero attached hydrogens (tertiary/aromatic N) is 3. The van der Waals surface area contributed by atoms with E-state index in [9.17, 15) is 27.4 Å². The fourth-order valence-electron chi connectivity index (χ4n) is 6.13. The molecule has 1 aliphatic rings. The van der Waals surface area contributed by atoms with E-state index in [0.29, 0.717) is 30.5 Å². The molecule has 0 saturated heterocycles. The smallest absolute Gasteiger partial charge is 0.344 e. The molecular formula is C36H48N3O8S+. The summed E-state index contributed by atoms with van der Waals surface area (Å²) < 4.78 is 44.9. The van der Waals surface area contributed by atoms with Gasteiger partial charge in [0.05, 0.1) is 16.9 Å². The number of fused-ring (bicyclic) bond motifs is 2. The number of amides is 1. The second-order valence-electron chi connectivity index (χ2n) is 14.1. The quantitative estimate of drug-likeness (QED) is 0.110. The van der Waals surface area contributed by atoms with E-state index in [-0.39, 0.29) is 44.2 Å². The summed E-state index contributed by atoms with van der Waals surface area (Å²) in [6, 6.07) is 9.57. The van der Waals surface area contributed by atoms with Crippen LogP contribution in [0.1, 0.15) is 79.2 Å². The van der Waals surface area contributed by atoms with Crippen LogP contribution in [0.5, 0.6) is 0 Å². The molecule has 0 atom stereocenters. The maximum absolute atomic E-state index is 13.4. The number of rotatable bonds is 13. The van der Waals surface area contributed by atoms with E-state index in [1.54, 1.807) is 25.7 Å². The van der Waals surface area contributed by atoms with E-state index in [1.807, 2.05) is 54.3 Å². The minimum atomic E-state index is -4.17. The van der Waals surface area contributed by atoms with Crippen molar-refractivity contribution in [2.75, 3.05) is 30.3 Å². The number of pyridine rings is 1. The van der Waals surface area contributed by atoms with Gasteiger partial charge < -0.3 is 19.0 Å². The topological polar surface area (TPSA) is 138 Å². The van der Waals surface area contributed by atoms with Crippen molar-refractivity contribution in [2.24, 2.45) is 7.05 Å². The van der Waals surface area contributed by atoms with Crippen LogP contribution < -0.4 is 15.1 Å². The Morgan fingerprint density at radius 2 is 1.67 bits per heavy atom. The monoisotopic (exact) mass is 682 g/mol. The molecule has 0 fully saturated rings. The highest BCUT2D eigenvalue weighted by molar-refractivity contribution is 7.85. The molecule has 1 aromatic carbocycles. The molecule has 0 spiro atoms. The minimum absolute atomic E-state index is 0.0798. The zero-order valence-electron chi connectivity index (χ0n) is 29.0. The first-order chi connectivity index (χ1) is 22.3. The second-order valence-corrected chi connectivity index (χ2v) is 15.6. The fourth-order valence-corrected chi connectivity index (χ4v) is 6.63. The number of hydrogen-bond donors (Lipinski definition) is 1. The van der Waals surface area contributed by atoms with E-state index >= 15 is 0 Å². The lowest BCUT2D eigenvalue weighted by atomic mass is 9.87. The van der Waals surface area contributed by atoms with Gasteiger partial charge in [-0.1, -0.05) is 6.08 Å². The third-order valence-corrected chi connectivity index (χ3v) is 9.11. The van der Waals surface area contributed by atoms with Crippen LogP contribution in [0, 0.1) is 0 Å². The summed E-state index contributed by atoms with van der Waals surface area (Å²) in [5.74, 6) is -0.984. The third kappa shape index (κ3) is 9.76. The molecule has 4 rings (SSSR count). The van der Waals surface area contributed by atoms with Crippen LogP contribution in [-0.4, -0.2) is 66.3 Å². The number of ether oxygens (including phenoxy) is 1. The summed E-state index contributed by atoms with van der Waals surface area (Å²) in [4.78, 5) is 42.4. The van der Waals surface area contributed by atoms with Gasteiger partial charge in [0.1, 0.15) is 18.2 Å². The average Bonchev–Trinajstić information content (AvgIpc) is 2.95. The van der Waals surface area contributed by atoms with Crippen molar-refractivity contribution in [3.63, 3.8) is 0 Å². The van der Waals surface area contributed by atoms with Crippen LogP contribution in [0.3, 0.4) is 0 Å². The van der Waals surface area contributed by atoms with E-state index in [4.69, 9.17) is 9.15 Å². The Balaban J connectivity index is 1.50. The Morgan fingerprint density at radius 1 is 1.02 bits per heavy atom. The summed E-state index contributed by atoms with van der Waals surface area (Å²) in [6.07, 6.45) is 7.23. The number of anilines is 1. The number of benzene rings is 1. The highest BCUT2D eigenvalue weighted by Gasteiger charge is 2.32. The lowest BCUT2D eigenvalue weighted by Gasteiger charge is -2.43. The van der Waals surface area contributed by atoms with Gasteiger partial charge in [0.25, 0.3) is 10.1 Å².